The van der Waals surface area contributed by atoms with Gasteiger partial charge in [0.15, 0.2) is 0 Å². The number of nitrogens with one attached hydrogen (secondary N) is 1. The van der Waals surface area contributed by atoms with Crippen molar-refractivity contribution in [1.82, 2.24) is 14.5 Å². The van der Waals surface area contributed by atoms with Gasteiger partial charge < -0.3 is 10.4 Å². The lowest BCUT2D eigenvalue weighted by atomic mass is 10.2. The molecule has 0 bridgehead atoms. The molecule has 0 aliphatic carbocycles. The van der Waals surface area contributed by atoms with E-state index in [1.807, 2.05) is 43.5 Å². The predicted octanol–water partition coefficient (Wildman–Crippen LogP) is 3.11. The molecular weight excluding hydrogens is 364 g/mol. The number of nitrogens with zero attached hydrogens (tertiary/aromatic N) is 3. The van der Waals surface area contributed by atoms with Crippen LogP contribution in [0.4, 0.5) is 5.69 Å². The van der Waals surface area contributed by atoms with E-state index in [-0.39, 0.29) is 17.3 Å². The van der Waals surface area contributed by atoms with Crippen molar-refractivity contribution in [1.29, 1.82) is 0 Å². The molecule has 2 atom stereocenters. The smallest absolute Gasteiger partial charge is 0.326 e. The fraction of sp³-hybridized carbons (Fsp3) is 0.263. The Labute approximate surface area is 159 Å². The SMILES string of the molecule is CC(Nc1cnc2n(c1=O)C(C(=O)O)CC2)c1ncc(-c2ccccc2)s1. The monoisotopic (exact) mass is 382 g/mol. The van der Waals surface area contributed by atoms with E-state index in [1.54, 1.807) is 11.3 Å². The Bertz CT molecular complexity index is 1040. The molecule has 2 N–H and O–H groups in total. The van der Waals surface area contributed by atoms with Gasteiger partial charge in [-0.05, 0) is 18.9 Å². The molecule has 2 aromatic heterocycles. The van der Waals surface area contributed by atoms with Crippen LogP contribution in [-0.2, 0) is 11.2 Å². The Morgan fingerprint density at radius 2 is 2.07 bits per heavy atom. The van der Waals surface area contributed by atoms with Gasteiger partial charge in [-0.3, -0.25) is 9.36 Å². The summed E-state index contributed by atoms with van der Waals surface area (Å²) in [4.78, 5) is 33.9. The third kappa shape index (κ3) is 3.23. The van der Waals surface area contributed by atoms with Gasteiger partial charge in [0.1, 0.15) is 22.6 Å². The summed E-state index contributed by atoms with van der Waals surface area (Å²) in [6.07, 6.45) is 4.20. The molecule has 0 saturated carbocycles. The van der Waals surface area contributed by atoms with Crippen LogP contribution < -0.4 is 10.9 Å². The first-order valence-electron chi connectivity index (χ1n) is 8.65. The molecule has 0 fully saturated rings. The van der Waals surface area contributed by atoms with Crippen LogP contribution in [0.1, 0.15) is 36.3 Å². The molecule has 138 valence electrons. The molecule has 1 aliphatic heterocycles. The summed E-state index contributed by atoms with van der Waals surface area (Å²) in [5.41, 5.74) is 1.03. The van der Waals surface area contributed by atoms with E-state index in [4.69, 9.17) is 0 Å². The molecule has 3 heterocycles. The van der Waals surface area contributed by atoms with Crippen molar-refractivity contribution < 1.29 is 9.90 Å². The van der Waals surface area contributed by atoms with E-state index in [2.05, 4.69) is 15.3 Å². The summed E-state index contributed by atoms with van der Waals surface area (Å²) in [5, 5.41) is 13.3. The number of anilines is 1. The van der Waals surface area contributed by atoms with Gasteiger partial charge in [-0.25, -0.2) is 14.8 Å². The van der Waals surface area contributed by atoms with Crippen LogP contribution in [-0.4, -0.2) is 25.6 Å². The van der Waals surface area contributed by atoms with Crippen molar-refractivity contribution in [2.24, 2.45) is 0 Å². The van der Waals surface area contributed by atoms with Gasteiger partial charge in [0.2, 0.25) is 0 Å². The molecule has 8 heteroatoms. The number of fused-ring (bicyclic) bond motifs is 1. The molecule has 2 unspecified atom stereocenters. The number of thiazole rings is 1. The molecule has 1 aliphatic rings. The Morgan fingerprint density at radius 3 is 2.81 bits per heavy atom. The van der Waals surface area contributed by atoms with Crippen LogP contribution in [0.25, 0.3) is 10.4 Å². The summed E-state index contributed by atoms with van der Waals surface area (Å²) < 4.78 is 1.29. The average Bonchev–Trinajstić information content (AvgIpc) is 3.32. The van der Waals surface area contributed by atoms with Crippen LogP contribution in [0.2, 0.25) is 0 Å². The number of carboxylic acid groups (broad SMARTS) is 1. The lowest BCUT2D eigenvalue weighted by molar-refractivity contribution is -0.140. The molecule has 0 spiro atoms. The number of hydrogen-bond acceptors (Lipinski definition) is 6. The predicted molar refractivity (Wildman–Crippen MR) is 103 cm³/mol. The Morgan fingerprint density at radius 1 is 1.30 bits per heavy atom. The summed E-state index contributed by atoms with van der Waals surface area (Å²) in [6.45, 7) is 1.92. The van der Waals surface area contributed by atoms with E-state index in [1.165, 1.54) is 10.8 Å². The first-order chi connectivity index (χ1) is 13.0. The minimum Gasteiger partial charge on any atom is -0.480 e. The van der Waals surface area contributed by atoms with Gasteiger partial charge >= 0.3 is 5.97 Å². The summed E-state index contributed by atoms with van der Waals surface area (Å²) in [6, 6.07) is 8.93. The van der Waals surface area contributed by atoms with E-state index >= 15 is 0 Å². The number of rotatable bonds is 5. The second kappa shape index (κ2) is 6.96. The average molecular weight is 382 g/mol. The van der Waals surface area contributed by atoms with Crippen molar-refractivity contribution in [3.8, 4) is 10.4 Å². The van der Waals surface area contributed by atoms with Crippen molar-refractivity contribution in [3.63, 3.8) is 0 Å². The minimum absolute atomic E-state index is 0.203. The molecule has 4 rings (SSSR count). The Kier molecular flexibility index (Phi) is 4.49. The van der Waals surface area contributed by atoms with Crippen molar-refractivity contribution >= 4 is 23.0 Å². The molecule has 3 aromatic rings. The van der Waals surface area contributed by atoms with E-state index in [0.29, 0.717) is 18.7 Å². The van der Waals surface area contributed by atoms with Crippen LogP contribution in [0.5, 0.6) is 0 Å². The number of hydrogen-bond donors (Lipinski definition) is 2. The van der Waals surface area contributed by atoms with Crippen molar-refractivity contribution in [2.75, 3.05) is 5.32 Å². The number of aliphatic carboxylic acids is 1. The third-order valence-corrected chi connectivity index (χ3v) is 5.86. The highest BCUT2D eigenvalue weighted by molar-refractivity contribution is 7.15. The van der Waals surface area contributed by atoms with E-state index in [0.717, 1.165) is 15.4 Å². The number of benzene rings is 1. The number of aryl methyl sites for hydroxylation is 1. The molecule has 1 aromatic carbocycles. The third-order valence-electron chi connectivity index (χ3n) is 4.63. The molecule has 7 nitrogen and oxygen atoms in total. The molecule has 0 saturated heterocycles. The van der Waals surface area contributed by atoms with Crippen LogP contribution in [0, 0.1) is 0 Å². The normalized spacial score (nSPS) is 16.7. The highest BCUT2D eigenvalue weighted by Gasteiger charge is 2.31. The van der Waals surface area contributed by atoms with E-state index in [9.17, 15) is 14.7 Å². The molecule has 27 heavy (non-hydrogen) atoms. The zero-order valence-electron chi connectivity index (χ0n) is 14.6. The minimum atomic E-state index is -1.00. The number of aromatic nitrogens is 3. The largest absolute Gasteiger partial charge is 0.480 e. The maximum Gasteiger partial charge on any atom is 0.326 e. The van der Waals surface area contributed by atoms with Gasteiger partial charge in [-0.1, -0.05) is 30.3 Å². The lowest BCUT2D eigenvalue weighted by Gasteiger charge is -2.15. The zero-order valence-corrected chi connectivity index (χ0v) is 15.4. The lowest BCUT2D eigenvalue weighted by Crippen LogP contribution is -2.30. The number of carboxylic acids is 1. The fourth-order valence-corrected chi connectivity index (χ4v) is 4.18. The standard InChI is InChI=1S/C19H18N4O3S/c1-11(17-21-10-15(27-17)12-5-3-2-4-6-12)22-13-9-20-16-8-7-14(19(25)26)23(16)18(13)24/h2-6,9-11,14,22H,7-8H2,1H3,(H,25,26). The van der Waals surface area contributed by atoms with Gasteiger partial charge in [-0.2, -0.15) is 0 Å². The van der Waals surface area contributed by atoms with Gasteiger partial charge in [0, 0.05) is 12.6 Å². The molecule has 0 amide bonds. The number of carbonyl (C=O) groups is 1. The maximum atomic E-state index is 12.7. The van der Waals surface area contributed by atoms with Crippen LogP contribution >= 0.6 is 11.3 Å². The fourth-order valence-electron chi connectivity index (χ4n) is 3.26. The summed E-state index contributed by atoms with van der Waals surface area (Å²) >= 11 is 1.55. The first-order valence-corrected chi connectivity index (χ1v) is 9.47. The van der Waals surface area contributed by atoms with Crippen LogP contribution in [0.15, 0.2) is 47.5 Å². The zero-order chi connectivity index (χ0) is 19.0. The first kappa shape index (κ1) is 17.4. The van der Waals surface area contributed by atoms with Crippen molar-refractivity contribution in [2.45, 2.75) is 31.8 Å². The Hall–Kier alpha value is -3.00. The highest BCUT2D eigenvalue weighted by atomic mass is 32.1. The van der Waals surface area contributed by atoms with Gasteiger partial charge in [0.05, 0.1) is 17.1 Å². The van der Waals surface area contributed by atoms with Crippen molar-refractivity contribution in [3.05, 3.63) is 63.9 Å². The maximum absolute atomic E-state index is 12.7. The van der Waals surface area contributed by atoms with Crippen LogP contribution in [0.3, 0.4) is 0 Å². The summed E-state index contributed by atoms with van der Waals surface area (Å²) in [5.74, 6) is -0.485. The molecule has 0 radical (unpaired) electrons. The topological polar surface area (TPSA) is 97.1 Å². The molecular formula is C19H18N4O3S. The Balaban J connectivity index is 1.59. The van der Waals surface area contributed by atoms with Gasteiger partial charge in [-0.15, -0.1) is 11.3 Å². The quantitative estimate of drug-likeness (QED) is 0.704. The highest BCUT2D eigenvalue weighted by Crippen LogP contribution is 2.30. The van der Waals surface area contributed by atoms with E-state index < -0.39 is 12.0 Å². The van der Waals surface area contributed by atoms with Gasteiger partial charge in [0.25, 0.3) is 5.56 Å². The summed E-state index contributed by atoms with van der Waals surface area (Å²) in [7, 11) is 0. The second-order valence-electron chi connectivity index (χ2n) is 6.45. The second-order valence-corrected chi connectivity index (χ2v) is 7.51.